The zero-order chi connectivity index (χ0) is 3.58. The molecular formula is HCoNO3+2. The first kappa shape index (κ1) is 8.83. The van der Waals surface area contributed by atoms with Crippen molar-refractivity contribution >= 4 is 0 Å². The Morgan fingerprint density at radius 3 is 1.80 bits per heavy atom. The fraction of sp³-hybridized carbons (Fsp3) is 0. The summed E-state index contributed by atoms with van der Waals surface area (Å²) in [7, 11) is 0. The van der Waals surface area contributed by atoms with Crippen LogP contribution in [0.5, 0.6) is 0 Å². The molecule has 0 aromatic carbocycles. The van der Waals surface area contributed by atoms with Crippen LogP contribution in [0.2, 0.25) is 0 Å². The smallest absolute Gasteiger partial charge is 0.328 e. The largest absolute Gasteiger partial charge is 2.00 e. The van der Waals surface area contributed by atoms with E-state index in [1.54, 1.807) is 0 Å². The van der Waals surface area contributed by atoms with Crippen LogP contribution < -0.4 is 0 Å². The van der Waals surface area contributed by atoms with E-state index in [2.05, 4.69) is 0 Å². The molecule has 0 atom stereocenters. The van der Waals surface area contributed by atoms with E-state index in [0.29, 0.717) is 0 Å². The summed E-state index contributed by atoms with van der Waals surface area (Å²) >= 11 is 0. The average molecular weight is 122 g/mol. The van der Waals surface area contributed by atoms with Gasteiger partial charge in [-0.05, 0) is 0 Å². The van der Waals surface area contributed by atoms with Crippen LogP contribution in [0.3, 0.4) is 0 Å². The van der Waals surface area contributed by atoms with Gasteiger partial charge in [0.1, 0.15) is 0 Å². The molecule has 31 valence electrons. The van der Waals surface area contributed by atoms with E-state index in [-0.39, 0.29) is 16.8 Å². The number of hydrogen-bond acceptors (Lipinski definition) is 2. The molecule has 5 heteroatoms. The minimum absolute atomic E-state index is 0. The summed E-state index contributed by atoms with van der Waals surface area (Å²) in [5.74, 6) is 0. The van der Waals surface area contributed by atoms with Crippen LogP contribution in [0.25, 0.3) is 0 Å². The standard InChI is InChI=1S/Co.HNO3/c;2-1(3)4/h;(H,2,3,4)/q+2;. The van der Waals surface area contributed by atoms with Crippen molar-refractivity contribution in [3.63, 3.8) is 0 Å². The van der Waals surface area contributed by atoms with Gasteiger partial charge in [0.2, 0.25) is 0 Å². The van der Waals surface area contributed by atoms with Crippen LogP contribution in [0, 0.1) is 10.1 Å². The van der Waals surface area contributed by atoms with E-state index in [0.717, 1.165) is 0 Å². The monoisotopic (exact) mass is 122 g/mol. The van der Waals surface area contributed by atoms with Gasteiger partial charge in [0, 0.05) is 0 Å². The molecule has 0 heterocycles. The van der Waals surface area contributed by atoms with E-state index in [4.69, 9.17) is 15.3 Å². The Balaban J connectivity index is 0. The maximum atomic E-state index is 8.36. The fourth-order valence-corrected chi connectivity index (χ4v) is 0. The average Bonchev–Trinajstić information content (AvgIpc) is 0.811. The SMILES string of the molecule is O=[N+]([O-])O.[Co+2]. The first-order chi connectivity index (χ1) is 1.73. The summed E-state index contributed by atoms with van der Waals surface area (Å²) in [6.07, 6.45) is 0. The summed E-state index contributed by atoms with van der Waals surface area (Å²) in [6.45, 7) is 0. The normalized spacial score (nSPS) is 4.80. The molecule has 0 aliphatic heterocycles. The van der Waals surface area contributed by atoms with Gasteiger partial charge in [0.25, 0.3) is 5.09 Å². The van der Waals surface area contributed by atoms with Gasteiger partial charge in [-0.1, -0.05) is 0 Å². The molecule has 0 unspecified atom stereocenters. The molecule has 1 radical (unpaired) electrons. The molecule has 0 aliphatic rings. The maximum absolute atomic E-state index is 8.36. The van der Waals surface area contributed by atoms with Gasteiger partial charge >= 0.3 is 16.8 Å². The van der Waals surface area contributed by atoms with Gasteiger partial charge in [-0.15, -0.1) is 10.1 Å². The third-order valence-electron chi connectivity index (χ3n) is 0. The minimum Gasteiger partial charge on any atom is -0.328 e. The van der Waals surface area contributed by atoms with Crippen LogP contribution in [-0.2, 0) is 16.8 Å². The van der Waals surface area contributed by atoms with Crippen molar-refractivity contribution in [2.75, 3.05) is 0 Å². The van der Waals surface area contributed by atoms with Gasteiger partial charge < -0.3 is 5.21 Å². The van der Waals surface area contributed by atoms with Crippen LogP contribution >= 0.6 is 0 Å². The van der Waals surface area contributed by atoms with Gasteiger partial charge in [0.05, 0.1) is 0 Å². The predicted molar refractivity (Wildman–Crippen MR) is 8.78 cm³/mol. The fourth-order valence-electron chi connectivity index (χ4n) is 0. The van der Waals surface area contributed by atoms with Crippen LogP contribution in [0.15, 0.2) is 0 Å². The van der Waals surface area contributed by atoms with E-state index in [1.807, 2.05) is 0 Å². The van der Waals surface area contributed by atoms with Crippen LogP contribution in [0.4, 0.5) is 0 Å². The van der Waals surface area contributed by atoms with Crippen LogP contribution in [0.1, 0.15) is 0 Å². The molecule has 0 aliphatic carbocycles. The Morgan fingerprint density at radius 1 is 1.80 bits per heavy atom. The summed E-state index contributed by atoms with van der Waals surface area (Å²) in [5, 5.41) is 13.6. The molecule has 0 spiro atoms. The number of rotatable bonds is 0. The molecule has 0 aromatic heterocycles. The quantitative estimate of drug-likeness (QED) is 0.352. The molecule has 0 saturated heterocycles. The molecule has 0 saturated carbocycles. The van der Waals surface area contributed by atoms with Crippen molar-refractivity contribution in [2.24, 2.45) is 0 Å². The van der Waals surface area contributed by atoms with Crippen molar-refractivity contribution in [1.82, 2.24) is 0 Å². The molecule has 4 nitrogen and oxygen atoms in total. The van der Waals surface area contributed by atoms with E-state index < -0.39 is 5.09 Å². The maximum Gasteiger partial charge on any atom is 2.00 e. The van der Waals surface area contributed by atoms with E-state index >= 15 is 0 Å². The van der Waals surface area contributed by atoms with Gasteiger partial charge in [-0.2, -0.15) is 0 Å². The Morgan fingerprint density at radius 2 is 1.80 bits per heavy atom. The second kappa shape index (κ2) is 3.71. The van der Waals surface area contributed by atoms with E-state index in [9.17, 15) is 0 Å². The Hall–Kier alpha value is -0.294. The summed E-state index contributed by atoms with van der Waals surface area (Å²) in [6, 6.07) is 0. The second-order valence-electron chi connectivity index (χ2n) is 0.238. The summed E-state index contributed by atoms with van der Waals surface area (Å²) in [4.78, 5) is 8.36. The van der Waals surface area contributed by atoms with Gasteiger partial charge in [0.15, 0.2) is 0 Å². The molecule has 0 aromatic rings. The minimum atomic E-state index is -1.50. The molecular weight excluding hydrogens is 121 g/mol. The molecule has 0 fully saturated rings. The topological polar surface area (TPSA) is 63.4 Å². The molecule has 1 N–H and O–H groups in total. The van der Waals surface area contributed by atoms with Crippen molar-refractivity contribution in [3.05, 3.63) is 10.1 Å². The number of nitrogens with zero attached hydrogens (tertiary/aromatic N) is 1. The predicted octanol–water partition coefficient (Wildman–Crippen LogP) is -0.350. The van der Waals surface area contributed by atoms with Crippen molar-refractivity contribution < 1.29 is 27.1 Å². The van der Waals surface area contributed by atoms with E-state index in [1.165, 1.54) is 0 Å². The third kappa shape index (κ3) is 125. The van der Waals surface area contributed by atoms with Crippen molar-refractivity contribution in [2.45, 2.75) is 0 Å². The number of hydrogen-bond donors (Lipinski definition) is 1. The van der Waals surface area contributed by atoms with Crippen molar-refractivity contribution in [1.29, 1.82) is 0 Å². The zero-order valence-electron chi connectivity index (χ0n) is 2.04. The van der Waals surface area contributed by atoms with Gasteiger partial charge in [-0.3, -0.25) is 0 Å². The second-order valence-corrected chi connectivity index (χ2v) is 0.238. The Kier molecular flexibility index (Phi) is 6.54. The van der Waals surface area contributed by atoms with Crippen LogP contribution in [-0.4, -0.2) is 10.3 Å². The third-order valence-corrected chi connectivity index (χ3v) is 0. The molecule has 0 amide bonds. The first-order valence-electron chi connectivity index (χ1n) is 0.565. The zero-order valence-corrected chi connectivity index (χ0v) is 3.09. The summed E-state index contributed by atoms with van der Waals surface area (Å²) < 4.78 is 0. The molecule has 0 rings (SSSR count). The van der Waals surface area contributed by atoms with Gasteiger partial charge in [-0.25, -0.2) is 0 Å². The molecule has 5 heavy (non-hydrogen) atoms. The summed E-state index contributed by atoms with van der Waals surface area (Å²) in [5.41, 5.74) is 0. The first-order valence-corrected chi connectivity index (χ1v) is 0.565. The Labute approximate surface area is 38.1 Å². The Bertz CT molecular complexity index is 29.9. The van der Waals surface area contributed by atoms with Crippen molar-refractivity contribution in [3.8, 4) is 0 Å². The molecule has 0 bridgehead atoms.